The zero-order valence-electron chi connectivity index (χ0n) is 9.58. The molecule has 0 aliphatic carbocycles. The first-order valence-corrected chi connectivity index (χ1v) is 5.51. The van der Waals surface area contributed by atoms with E-state index >= 15 is 0 Å². The van der Waals surface area contributed by atoms with E-state index in [-0.39, 0.29) is 5.91 Å². The van der Waals surface area contributed by atoms with E-state index in [0.29, 0.717) is 5.92 Å². The summed E-state index contributed by atoms with van der Waals surface area (Å²) in [6, 6.07) is 6.28. The van der Waals surface area contributed by atoms with Crippen molar-refractivity contribution in [3.63, 3.8) is 0 Å². The highest BCUT2D eigenvalue weighted by atomic mass is 16.2. The highest BCUT2D eigenvalue weighted by molar-refractivity contribution is 5.94. The van der Waals surface area contributed by atoms with E-state index in [1.165, 1.54) is 11.1 Å². The van der Waals surface area contributed by atoms with Crippen molar-refractivity contribution < 1.29 is 4.79 Å². The average Bonchev–Trinajstić information content (AvgIpc) is 2.59. The maximum Gasteiger partial charge on any atom is 0.223 e. The Balaban J connectivity index is 2.48. The van der Waals surface area contributed by atoms with Crippen molar-refractivity contribution in [3.8, 4) is 0 Å². The molecule has 1 aromatic rings. The number of fused-ring (bicyclic) bond motifs is 1. The number of hydrogen-bond acceptors (Lipinski definition) is 1. The van der Waals surface area contributed by atoms with E-state index in [0.717, 1.165) is 18.7 Å². The van der Waals surface area contributed by atoms with Crippen molar-refractivity contribution in [1.82, 2.24) is 0 Å². The lowest BCUT2D eigenvalue weighted by molar-refractivity contribution is -0.116. The van der Waals surface area contributed by atoms with Gasteiger partial charge in [0.25, 0.3) is 0 Å². The summed E-state index contributed by atoms with van der Waals surface area (Å²) >= 11 is 0. The molecule has 1 aliphatic rings. The van der Waals surface area contributed by atoms with Crippen molar-refractivity contribution in [2.24, 2.45) is 0 Å². The van der Waals surface area contributed by atoms with E-state index in [1.807, 2.05) is 4.90 Å². The molecule has 2 rings (SSSR count). The molecule has 15 heavy (non-hydrogen) atoms. The first kappa shape index (κ1) is 10.2. The van der Waals surface area contributed by atoms with Crippen LogP contribution in [0.4, 0.5) is 5.69 Å². The molecule has 0 fully saturated rings. The molecule has 0 saturated carbocycles. The summed E-state index contributed by atoms with van der Waals surface area (Å²) < 4.78 is 0. The molecule has 0 aromatic heterocycles. The summed E-state index contributed by atoms with van der Waals surface area (Å²) in [5.41, 5.74) is 3.87. The van der Waals surface area contributed by atoms with E-state index in [9.17, 15) is 4.79 Å². The Bertz CT molecular complexity index is 396. The molecule has 2 nitrogen and oxygen atoms in total. The van der Waals surface area contributed by atoms with Crippen molar-refractivity contribution in [2.45, 2.75) is 33.1 Å². The van der Waals surface area contributed by atoms with Crippen LogP contribution in [0.5, 0.6) is 0 Å². The largest absolute Gasteiger partial charge is 0.312 e. The highest BCUT2D eigenvalue weighted by Crippen LogP contribution is 2.33. The Morgan fingerprint density at radius 3 is 2.73 bits per heavy atom. The van der Waals surface area contributed by atoms with Crippen molar-refractivity contribution in [2.75, 3.05) is 11.4 Å². The van der Waals surface area contributed by atoms with Crippen LogP contribution in [0.1, 0.15) is 37.8 Å². The first-order valence-electron chi connectivity index (χ1n) is 5.51. The monoisotopic (exact) mass is 203 g/mol. The van der Waals surface area contributed by atoms with Crippen LogP contribution in [0, 0.1) is 0 Å². The second-order valence-electron chi connectivity index (χ2n) is 4.42. The number of benzene rings is 1. The molecule has 2 heteroatoms. The van der Waals surface area contributed by atoms with Crippen LogP contribution < -0.4 is 4.90 Å². The van der Waals surface area contributed by atoms with Crippen LogP contribution in [0.15, 0.2) is 18.2 Å². The number of rotatable bonds is 1. The third kappa shape index (κ3) is 1.65. The van der Waals surface area contributed by atoms with E-state index < -0.39 is 0 Å². The molecule has 0 saturated heterocycles. The molecular formula is C13H17NO. The molecule has 0 unspecified atom stereocenters. The minimum Gasteiger partial charge on any atom is -0.312 e. The predicted octanol–water partition coefficient (Wildman–Crippen LogP) is 2.72. The molecule has 0 bridgehead atoms. The fraction of sp³-hybridized carbons (Fsp3) is 0.462. The minimum absolute atomic E-state index is 0.148. The third-order valence-electron chi connectivity index (χ3n) is 3.07. The molecule has 0 radical (unpaired) electrons. The van der Waals surface area contributed by atoms with Gasteiger partial charge in [0.15, 0.2) is 0 Å². The van der Waals surface area contributed by atoms with Gasteiger partial charge >= 0.3 is 0 Å². The first-order chi connectivity index (χ1) is 7.11. The highest BCUT2D eigenvalue weighted by Gasteiger charge is 2.24. The number of amides is 1. The summed E-state index contributed by atoms with van der Waals surface area (Å²) in [6.45, 7) is 6.88. The maximum atomic E-state index is 11.4. The SMILES string of the molecule is CC(=O)N1CCc2c(C(C)C)cccc21. The van der Waals surface area contributed by atoms with Crippen molar-refractivity contribution >= 4 is 11.6 Å². The average molecular weight is 203 g/mol. The van der Waals surface area contributed by atoms with Gasteiger partial charge in [-0.25, -0.2) is 0 Å². The van der Waals surface area contributed by atoms with Crippen LogP contribution in [0.25, 0.3) is 0 Å². The van der Waals surface area contributed by atoms with Gasteiger partial charge < -0.3 is 4.90 Å². The summed E-state index contributed by atoms with van der Waals surface area (Å²) in [4.78, 5) is 13.3. The van der Waals surface area contributed by atoms with Gasteiger partial charge in [0, 0.05) is 19.2 Å². The Morgan fingerprint density at radius 2 is 2.13 bits per heavy atom. The Kier molecular flexibility index (Phi) is 2.51. The topological polar surface area (TPSA) is 20.3 Å². The van der Waals surface area contributed by atoms with Crippen molar-refractivity contribution in [1.29, 1.82) is 0 Å². The molecule has 1 heterocycles. The summed E-state index contributed by atoms with van der Waals surface area (Å²) in [6.07, 6.45) is 1.00. The quantitative estimate of drug-likeness (QED) is 0.687. The number of carbonyl (C=O) groups is 1. The van der Waals surface area contributed by atoms with Gasteiger partial charge in [0.2, 0.25) is 5.91 Å². The molecular weight excluding hydrogens is 186 g/mol. The maximum absolute atomic E-state index is 11.4. The number of anilines is 1. The standard InChI is InChI=1S/C13H17NO/c1-9(2)11-5-4-6-13-12(11)7-8-14(13)10(3)15/h4-6,9H,7-8H2,1-3H3. The zero-order chi connectivity index (χ0) is 11.0. The van der Waals surface area contributed by atoms with Crippen LogP contribution >= 0.6 is 0 Å². The van der Waals surface area contributed by atoms with Gasteiger partial charge in [-0.15, -0.1) is 0 Å². The van der Waals surface area contributed by atoms with E-state index in [4.69, 9.17) is 0 Å². The molecule has 0 N–H and O–H groups in total. The number of nitrogens with zero attached hydrogens (tertiary/aromatic N) is 1. The van der Waals surface area contributed by atoms with Gasteiger partial charge in [0.1, 0.15) is 0 Å². The third-order valence-corrected chi connectivity index (χ3v) is 3.07. The van der Waals surface area contributed by atoms with E-state index in [1.54, 1.807) is 6.92 Å². The van der Waals surface area contributed by atoms with Gasteiger partial charge in [-0.3, -0.25) is 4.79 Å². The van der Waals surface area contributed by atoms with Crippen LogP contribution in [-0.4, -0.2) is 12.5 Å². The molecule has 0 spiro atoms. The van der Waals surface area contributed by atoms with Gasteiger partial charge in [-0.2, -0.15) is 0 Å². The second-order valence-corrected chi connectivity index (χ2v) is 4.42. The fourth-order valence-electron chi connectivity index (χ4n) is 2.33. The summed E-state index contributed by atoms with van der Waals surface area (Å²) in [7, 11) is 0. The second kappa shape index (κ2) is 3.69. The predicted molar refractivity (Wildman–Crippen MR) is 62.3 cm³/mol. The Labute approximate surface area is 90.9 Å². The smallest absolute Gasteiger partial charge is 0.223 e. The van der Waals surface area contributed by atoms with E-state index in [2.05, 4.69) is 32.0 Å². The van der Waals surface area contributed by atoms with Crippen LogP contribution in [0.3, 0.4) is 0 Å². The Hall–Kier alpha value is -1.31. The van der Waals surface area contributed by atoms with Crippen molar-refractivity contribution in [3.05, 3.63) is 29.3 Å². The lowest BCUT2D eigenvalue weighted by Crippen LogP contribution is -2.25. The minimum atomic E-state index is 0.148. The van der Waals surface area contributed by atoms with Crippen LogP contribution in [0.2, 0.25) is 0 Å². The summed E-state index contributed by atoms with van der Waals surface area (Å²) in [5, 5.41) is 0. The zero-order valence-corrected chi connectivity index (χ0v) is 9.58. The molecule has 0 atom stereocenters. The fourth-order valence-corrected chi connectivity index (χ4v) is 2.33. The van der Waals surface area contributed by atoms with Gasteiger partial charge in [0.05, 0.1) is 0 Å². The lowest BCUT2D eigenvalue weighted by atomic mass is 9.96. The summed E-state index contributed by atoms with van der Waals surface area (Å²) in [5.74, 6) is 0.682. The normalized spacial score (nSPS) is 14.5. The lowest BCUT2D eigenvalue weighted by Gasteiger charge is -2.16. The number of hydrogen-bond donors (Lipinski definition) is 0. The van der Waals surface area contributed by atoms with Crippen LogP contribution in [-0.2, 0) is 11.2 Å². The van der Waals surface area contributed by atoms with Gasteiger partial charge in [-0.1, -0.05) is 26.0 Å². The molecule has 1 amide bonds. The molecule has 80 valence electrons. The molecule has 1 aliphatic heterocycles. The number of carbonyl (C=O) groups excluding carboxylic acids is 1. The van der Waals surface area contributed by atoms with Gasteiger partial charge in [-0.05, 0) is 29.5 Å². The molecule has 1 aromatic carbocycles. The Morgan fingerprint density at radius 1 is 1.40 bits per heavy atom.